The van der Waals surface area contributed by atoms with Crippen LogP contribution in [0.1, 0.15) is 18.4 Å². The van der Waals surface area contributed by atoms with Gasteiger partial charge in [-0.15, -0.1) is 0 Å². The molecule has 1 aromatic heterocycles. The molecule has 100 valence electrons. The fourth-order valence-electron chi connectivity index (χ4n) is 2.51. The number of hydrogen-bond acceptors (Lipinski definition) is 4. The van der Waals surface area contributed by atoms with E-state index < -0.39 is 5.97 Å². The molecule has 1 saturated heterocycles. The van der Waals surface area contributed by atoms with Gasteiger partial charge < -0.3 is 10.0 Å². The Labute approximate surface area is 115 Å². The van der Waals surface area contributed by atoms with Crippen molar-refractivity contribution < 1.29 is 9.90 Å². The maximum absolute atomic E-state index is 11.1. The molecule has 0 amide bonds. The summed E-state index contributed by atoms with van der Waals surface area (Å²) in [6, 6.07) is 6.22. The maximum atomic E-state index is 11.1. The van der Waals surface area contributed by atoms with Gasteiger partial charge in [0.15, 0.2) is 5.13 Å². The minimum atomic E-state index is -0.693. The molecular weight excluding hydrogens is 260 g/mol. The molecule has 1 N–H and O–H groups in total. The summed E-state index contributed by atoms with van der Waals surface area (Å²) >= 11 is 1.65. The number of carbonyl (C=O) groups is 1. The predicted octanol–water partition coefficient (Wildman–Crippen LogP) is 2.91. The number of carboxylic acids is 1. The Morgan fingerprint density at radius 1 is 1.53 bits per heavy atom. The summed E-state index contributed by atoms with van der Waals surface area (Å²) in [7, 11) is 0. The number of piperidine rings is 1. The second-order valence-electron chi connectivity index (χ2n) is 5.09. The second kappa shape index (κ2) is 4.81. The van der Waals surface area contributed by atoms with Crippen LogP contribution in [0.25, 0.3) is 10.2 Å². The van der Waals surface area contributed by atoms with Gasteiger partial charge in [-0.1, -0.05) is 17.4 Å². The van der Waals surface area contributed by atoms with Crippen molar-refractivity contribution in [3.05, 3.63) is 23.8 Å². The van der Waals surface area contributed by atoms with Crippen LogP contribution in [0, 0.1) is 12.8 Å². The van der Waals surface area contributed by atoms with E-state index in [1.165, 1.54) is 10.3 Å². The number of aryl methyl sites for hydroxylation is 1. The van der Waals surface area contributed by atoms with E-state index in [0.717, 1.165) is 30.0 Å². The first-order chi connectivity index (χ1) is 9.13. The van der Waals surface area contributed by atoms with Gasteiger partial charge in [-0.2, -0.15) is 0 Å². The molecule has 1 aliphatic heterocycles. The van der Waals surface area contributed by atoms with E-state index in [1.807, 2.05) is 6.07 Å². The van der Waals surface area contributed by atoms with Gasteiger partial charge in [0.2, 0.25) is 0 Å². The summed E-state index contributed by atoms with van der Waals surface area (Å²) in [6.45, 7) is 3.55. The van der Waals surface area contributed by atoms with Crippen molar-refractivity contribution in [1.82, 2.24) is 4.98 Å². The van der Waals surface area contributed by atoms with Crippen molar-refractivity contribution in [1.29, 1.82) is 0 Å². The standard InChI is InChI=1S/C14H16N2O2S/c1-9-4-5-11-12(7-9)19-14(15-11)16-6-2-3-10(8-16)13(17)18/h4-5,7,10H,2-3,6,8H2,1H3,(H,17,18). The van der Waals surface area contributed by atoms with Gasteiger partial charge in [0.25, 0.3) is 0 Å². The number of benzene rings is 1. The van der Waals surface area contributed by atoms with E-state index in [-0.39, 0.29) is 5.92 Å². The fourth-order valence-corrected chi connectivity index (χ4v) is 3.61. The van der Waals surface area contributed by atoms with Crippen LogP contribution in [-0.2, 0) is 4.79 Å². The summed E-state index contributed by atoms with van der Waals surface area (Å²) < 4.78 is 1.17. The van der Waals surface area contributed by atoms with Crippen molar-refractivity contribution in [2.75, 3.05) is 18.0 Å². The van der Waals surface area contributed by atoms with E-state index in [1.54, 1.807) is 11.3 Å². The lowest BCUT2D eigenvalue weighted by Crippen LogP contribution is -2.38. The van der Waals surface area contributed by atoms with Crippen LogP contribution in [0.15, 0.2) is 18.2 Å². The molecule has 0 radical (unpaired) electrons. The van der Waals surface area contributed by atoms with Crippen molar-refractivity contribution in [2.24, 2.45) is 5.92 Å². The summed E-state index contributed by atoms with van der Waals surface area (Å²) in [5.41, 5.74) is 2.23. The molecule has 1 aromatic carbocycles. The molecule has 1 unspecified atom stereocenters. The lowest BCUT2D eigenvalue weighted by atomic mass is 9.99. The molecule has 0 bridgehead atoms. The number of hydrogen-bond donors (Lipinski definition) is 1. The maximum Gasteiger partial charge on any atom is 0.308 e. The molecule has 0 aliphatic carbocycles. The Morgan fingerprint density at radius 2 is 2.37 bits per heavy atom. The molecule has 1 atom stereocenters. The highest BCUT2D eigenvalue weighted by Crippen LogP contribution is 2.32. The normalized spacial score (nSPS) is 19.8. The van der Waals surface area contributed by atoms with Crippen LogP contribution < -0.4 is 4.90 Å². The topological polar surface area (TPSA) is 53.4 Å². The summed E-state index contributed by atoms with van der Waals surface area (Å²) in [5, 5.41) is 10.1. The number of thiazole rings is 1. The largest absolute Gasteiger partial charge is 0.481 e. The second-order valence-corrected chi connectivity index (χ2v) is 6.10. The quantitative estimate of drug-likeness (QED) is 0.916. The van der Waals surface area contributed by atoms with Crippen LogP contribution in [0.5, 0.6) is 0 Å². The van der Waals surface area contributed by atoms with Gasteiger partial charge in [0.1, 0.15) is 0 Å². The zero-order valence-corrected chi connectivity index (χ0v) is 11.6. The zero-order chi connectivity index (χ0) is 13.4. The van der Waals surface area contributed by atoms with E-state index in [4.69, 9.17) is 5.11 Å². The number of carboxylic acid groups (broad SMARTS) is 1. The highest BCUT2D eigenvalue weighted by atomic mass is 32.1. The molecule has 2 aromatic rings. The highest BCUT2D eigenvalue weighted by Gasteiger charge is 2.26. The number of aliphatic carboxylic acids is 1. The molecule has 2 heterocycles. The van der Waals surface area contributed by atoms with E-state index in [0.29, 0.717) is 6.54 Å². The minimum absolute atomic E-state index is 0.262. The van der Waals surface area contributed by atoms with Crippen molar-refractivity contribution in [2.45, 2.75) is 19.8 Å². The molecule has 5 heteroatoms. The number of fused-ring (bicyclic) bond motifs is 1. The SMILES string of the molecule is Cc1ccc2nc(N3CCCC(C(=O)O)C3)sc2c1. The van der Waals surface area contributed by atoms with Crippen LogP contribution in [0.2, 0.25) is 0 Å². The van der Waals surface area contributed by atoms with Crippen molar-refractivity contribution in [3.63, 3.8) is 0 Å². The Hall–Kier alpha value is -1.62. The van der Waals surface area contributed by atoms with Gasteiger partial charge in [0, 0.05) is 13.1 Å². The lowest BCUT2D eigenvalue weighted by molar-refractivity contribution is -0.141. The molecule has 3 rings (SSSR count). The Balaban J connectivity index is 1.89. The van der Waals surface area contributed by atoms with Gasteiger partial charge in [-0.05, 0) is 37.5 Å². The zero-order valence-electron chi connectivity index (χ0n) is 10.8. The van der Waals surface area contributed by atoms with Crippen LogP contribution in [-0.4, -0.2) is 29.1 Å². The Bertz CT molecular complexity index is 623. The first-order valence-corrected chi connectivity index (χ1v) is 7.30. The molecule has 4 nitrogen and oxygen atoms in total. The molecule has 19 heavy (non-hydrogen) atoms. The first-order valence-electron chi connectivity index (χ1n) is 6.48. The van der Waals surface area contributed by atoms with Crippen LogP contribution >= 0.6 is 11.3 Å². The third-order valence-corrected chi connectivity index (χ3v) is 4.65. The summed E-state index contributed by atoms with van der Waals surface area (Å²) in [4.78, 5) is 17.8. The molecular formula is C14H16N2O2S. The summed E-state index contributed by atoms with van der Waals surface area (Å²) in [6.07, 6.45) is 1.70. The van der Waals surface area contributed by atoms with Crippen molar-refractivity contribution >= 4 is 32.7 Å². The average Bonchev–Trinajstić information content (AvgIpc) is 2.81. The van der Waals surface area contributed by atoms with E-state index >= 15 is 0 Å². The molecule has 0 spiro atoms. The molecule has 1 fully saturated rings. The Kier molecular flexibility index (Phi) is 3.14. The van der Waals surface area contributed by atoms with E-state index in [9.17, 15) is 4.79 Å². The minimum Gasteiger partial charge on any atom is -0.481 e. The average molecular weight is 276 g/mol. The lowest BCUT2D eigenvalue weighted by Gasteiger charge is -2.30. The number of aromatic nitrogens is 1. The smallest absolute Gasteiger partial charge is 0.308 e. The van der Waals surface area contributed by atoms with Gasteiger partial charge >= 0.3 is 5.97 Å². The molecule has 0 saturated carbocycles. The van der Waals surface area contributed by atoms with Crippen molar-refractivity contribution in [3.8, 4) is 0 Å². The number of rotatable bonds is 2. The van der Waals surface area contributed by atoms with Crippen LogP contribution in [0.3, 0.4) is 0 Å². The fraction of sp³-hybridized carbons (Fsp3) is 0.429. The molecule has 1 aliphatic rings. The van der Waals surface area contributed by atoms with Crippen LogP contribution in [0.4, 0.5) is 5.13 Å². The number of nitrogens with zero attached hydrogens (tertiary/aromatic N) is 2. The van der Waals surface area contributed by atoms with Gasteiger partial charge in [-0.3, -0.25) is 4.79 Å². The Morgan fingerprint density at radius 3 is 3.16 bits per heavy atom. The highest BCUT2D eigenvalue weighted by molar-refractivity contribution is 7.22. The third-order valence-electron chi connectivity index (χ3n) is 3.57. The monoisotopic (exact) mass is 276 g/mol. The summed E-state index contributed by atoms with van der Waals surface area (Å²) in [5.74, 6) is -0.954. The number of anilines is 1. The predicted molar refractivity (Wildman–Crippen MR) is 76.9 cm³/mol. The van der Waals surface area contributed by atoms with Gasteiger partial charge in [-0.25, -0.2) is 4.98 Å². The third kappa shape index (κ3) is 2.42. The first kappa shape index (κ1) is 12.4. The van der Waals surface area contributed by atoms with Gasteiger partial charge in [0.05, 0.1) is 16.1 Å². The van der Waals surface area contributed by atoms with E-state index in [2.05, 4.69) is 28.9 Å².